The van der Waals surface area contributed by atoms with Crippen molar-refractivity contribution < 1.29 is 4.74 Å². The van der Waals surface area contributed by atoms with Gasteiger partial charge in [0.1, 0.15) is 5.75 Å². The predicted octanol–water partition coefficient (Wildman–Crippen LogP) is 3.19. The van der Waals surface area contributed by atoms with Gasteiger partial charge in [-0.3, -0.25) is 0 Å². The van der Waals surface area contributed by atoms with Gasteiger partial charge < -0.3 is 10.1 Å². The molecule has 0 heterocycles. The Bertz CT molecular complexity index is 468. The van der Waals surface area contributed by atoms with Gasteiger partial charge in [-0.2, -0.15) is 0 Å². The number of fused-ring (bicyclic) bond motifs is 1. The van der Waals surface area contributed by atoms with Crippen LogP contribution in [0.3, 0.4) is 0 Å². The van der Waals surface area contributed by atoms with Crippen LogP contribution >= 0.6 is 0 Å². The number of benzene rings is 1. The van der Waals surface area contributed by atoms with E-state index in [9.17, 15) is 0 Å². The van der Waals surface area contributed by atoms with E-state index in [1.165, 1.54) is 43.4 Å². The second kappa shape index (κ2) is 4.82. The summed E-state index contributed by atoms with van der Waals surface area (Å²) in [4.78, 5) is 0. The third-order valence-corrected chi connectivity index (χ3v) is 4.98. The molecule has 0 saturated heterocycles. The third-order valence-electron chi connectivity index (χ3n) is 4.98. The summed E-state index contributed by atoms with van der Waals surface area (Å²) in [7, 11) is 1.76. The maximum absolute atomic E-state index is 5.36. The molecule has 2 nitrogen and oxygen atoms in total. The molecular weight excluding hydrogens is 234 g/mol. The highest BCUT2D eigenvalue weighted by molar-refractivity contribution is 5.39. The minimum Gasteiger partial charge on any atom is -0.497 e. The Balaban J connectivity index is 1.69. The average Bonchev–Trinajstić information content (AvgIpc) is 3.07. The Kier molecular flexibility index (Phi) is 3.30. The summed E-state index contributed by atoms with van der Waals surface area (Å²) in [6.07, 6.45) is 5.28. The van der Waals surface area contributed by atoms with Crippen molar-refractivity contribution in [1.29, 1.82) is 0 Å². The molecule has 1 N–H and O–H groups in total. The van der Waals surface area contributed by atoms with Crippen LogP contribution in [0.1, 0.15) is 37.8 Å². The zero-order chi connectivity index (χ0) is 13.5. The Morgan fingerprint density at radius 2 is 2.21 bits per heavy atom. The van der Waals surface area contributed by atoms with Crippen molar-refractivity contribution in [2.45, 2.75) is 45.6 Å². The second-order valence-corrected chi connectivity index (χ2v) is 6.64. The van der Waals surface area contributed by atoms with Crippen LogP contribution in [-0.4, -0.2) is 19.7 Å². The number of ether oxygens (including phenoxy) is 1. The molecule has 2 heteroatoms. The zero-order valence-electron chi connectivity index (χ0n) is 12.3. The fraction of sp³-hybridized carbons (Fsp3) is 0.647. The van der Waals surface area contributed by atoms with Crippen LogP contribution in [0.5, 0.6) is 5.75 Å². The molecule has 0 amide bonds. The van der Waals surface area contributed by atoms with Crippen LogP contribution in [0.4, 0.5) is 0 Å². The number of methoxy groups -OCH3 is 1. The average molecular weight is 259 g/mol. The molecule has 0 bridgehead atoms. The molecule has 1 aromatic rings. The molecule has 19 heavy (non-hydrogen) atoms. The zero-order valence-corrected chi connectivity index (χ0v) is 12.3. The minimum atomic E-state index is 0.598. The second-order valence-electron chi connectivity index (χ2n) is 6.64. The van der Waals surface area contributed by atoms with Crippen LogP contribution < -0.4 is 10.1 Å². The first-order valence-corrected chi connectivity index (χ1v) is 7.52. The highest BCUT2D eigenvalue weighted by Crippen LogP contribution is 2.59. The first-order valence-electron chi connectivity index (χ1n) is 7.52. The lowest BCUT2D eigenvalue weighted by Crippen LogP contribution is -2.28. The van der Waals surface area contributed by atoms with Gasteiger partial charge in [0.15, 0.2) is 0 Å². The van der Waals surface area contributed by atoms with Gasteiger partial charge in [0.25, 0.3) is 0 Å². The quantitative estimate of drug-likeness (QED) is 0.896. The Morgan fingerprint density at radius 1 is 1.37 bits per heavy atom. The topological polar surface area (TPSA) is 21.3 Å². The first kappa shape index (κ1) is 13.0. The van der Waals surface area contributed by atoms with Crippen molar-refractivity contribution in [3.8, 4) is 5.75 Å². The summed E-state index contributed by atoms with van der Waals surface area (Å²) in [5.41, 5.74) is 3.66. The number of aryl methyl sites for hydroxylation is 1. The molecule has 1 saturated carbocycles. The molecule has 0 radical (unpaired) electrons. The Morgan fingerprint density at radius 3 is 2.95 bits per heavy atom. The number of rotatable bonds is 4. The van der Waals surface area contributed by atoms with Crippen molar-refractivity contribution in [2.75, 3.05) is 13.7 Å². The molecule has 2 aliphatic rings. The lowest BCUT2D eigenvalue weighted by atomic mass is 9.80. The molecule has 0 aliphatic heterocycles. The first-order chi connectivity index (χ1) is 9.13. The van der Waals surface area contributed by atoms with Gasteiger partial charge >= 0.3 is 0 Å². The summed E-state index contributed by atoms with van der Waals surface area (Å²) in [5, 5.41) is 3.60. The fourth-order valence-corrected chi connectivity index (χ4v) is 3.61. The van der Waals surface area contributed by atoms with Gasteiger partial charge in [0, 0.05) is 6.04 Å². The van der Waals surface area contributed by atoms with Gasteiger partial charge in [0.05, 0.1) is 7.11 Å². The number of nitrogens with one attached hydrogen (secondary N) is 1. The fourth-order valence-electron chi connectivity index (χ4n) is 3.61. The highest BCUT2D eigenvalue weighted by atomic mass is 16.5. The lowest BCUT2D eigenvalue weighted by Gasteiger charge is -2.26. The summed E-state index contributed by atoms with van der Waals surface area (Å²) >= 11 is 0. The minimum absolute atomic E-state index is 0.598. The van der Waals surface area contributed by atoms with Gasteiger partial charge in [-0.15, -0.1) is 0 Å². The molecular formula is C17H25NO. The predicted molar refractivity (Wildman–Crippen MR) is 78.7 cm³/mol. The van der Waals surface area contributed by atoms with E-state index in [2.05, 4.69) is 37.4 Å². The Hall–Kier alpha value is -1.02. The van der Waals surface area contributed by atoms with Gasteiger partial charge in [0.2, 0.25) is 0 Å². The maximum atomic E-state index is 5.36. The largest absolute Gasteiger partial charge is 0.497 e. The van der Waals surface area contributed by atoms with E-state index in [4.69, 9.17) is 4.74 Å². The van der Waals surface area contributed by atoms with E-state index >= 15 is 0 Å². The van der Waals surface area contributed by atoms with E-state index in [1.807, 2.05) is 0 Å². The standard InChI is InChI=1S/C17H25NO/c1-12(2)18-11-15-10-17(15)7-6-13-4-5-16(19-3)8-14(13)9-17/h4-5,8,12,15,18H,6-7,9-11H2,1-3H3. The van der Waals surface area contributed by atoms with Crippen LogP contribution in [0.2, 0.25) is 0 Å². The lowest BCUT2D eigenvalue weighted by molar-refractivity contribution is 0.375. The van der Waals surface area contributed by atoms with Crippen LogP contribution in [-0.2, 0) is 12.8 Å². The molecule has 2 aliphatic carbocycles. The van der Waals surface area contributed by atoms with Gasteiger partial charge in [-0.25, -0.2) is 0 Å². The molecule has 1 aromatic carbocycles. The van der Waals surface area contributed by atoms with E-state index < -0.39 is 0 Å². The summed E-state index contributed by atoms with van der Waals surface area (Å²) < 4.78 is 5.36. The molecule has 0 aromatic heterocycles. The maximum Gasteiger partial charge on any atom is 0.119 e. The van der Waals surface area contributed by atoms with Crippen molar-refractivity contribution in [1.82, 2.24) is 5.32 Å². The monoisotopic (exact) mass is 259 g/mol. The van der Waals surface area contributed by atoms with Crippen molar-refractivity contribution in [2.24, 2.45) is 11.3 Å². The van der Waals surface area contributed by atoms with Crippen LogP contribution in [0.15, 0.2) is 18.2 Å². The molecule has 1 spiro atoms. The van der Waals surface area contributed by atoms with Crippen molar-refractivity contribution in [3.05, 3.63) is 29.3 Å². The van der Waals surface area contributed by atoms with Crippen LogP contribution in [0, 0.1) is 11.3 Å². The van der Waals surface area contributed by atoms with E-state index in [1.54, 1.807) is 7.11 Å². The molecule has 3 rings (SSSR count). The molecule has 2 unspecified atom stereocenters. The van der Waals surface area contributed by atoms with E-state index in [-0.39, 0.29) is 0 Å². The Labute approximate surface area is 116 Å². The van der Waals surface area contributed by atoms with Gasteiger partial charge in [-0.05, 0) is 66.8 Å². The smallest absolute Gasteiger partial charge is 0.119 e. The molecule has 104 valence electrons. The number of hydrogen-bond donors (Lipinski definition) is 1. The normalized spacial score (nSPS) is 28.5. The summed E-state index contributed by atoms with van der Waals surface area (Å²) in [5.74, 6) is 1.89. The highest BCUT2D eigenvalue weighted by Gasteiger charge is 2.54. The van der Waals surface area contributed by atoms with Gasteiger partial charge in [-0.1, -0.05) is 19.9 Å². The molecule has 2 atom stereocenters. The van der Waals surface area contributed by atoms with Crippen molar-refractivity contribution >= 4 is 0 Å². The number of hydrogen-bond acceptors (Lipinski definition) is 2. The molecule has 1 fully saturated rings. The van der Waals surface area contributed by atoms with Crippen LogP contribution in [0.25, 0.3) is 0 Å². The summed E-state index contributed by atoms with van der Waals surface area (Å²) in [6.45, 7) is 5.66. The van der Waals surface area contributed by atoms with E-state index in [0.29, 0.717) is 11.5 Å². The summed E-state index contributed by atoms with van der Waals surface area (Å²) in [6, 6.07) is 7.21. The van der Waals surface area contributed by atoms with E-state index in [0.717, 1.165) is 11.7 Å². The third kappa shape index (κ3) is 2.51. The SMILES string of the molecule is COc1ccc2c(c1)CC1(CC2)CC1CNC(C)C. The van der Waals surface area contributed by atoms with Crippen molar-refractivity contribution in [3.63, 3.8) is 0 Å².